The van der Waals surface area contributed by atoms with Crippen LogP contribution in [0.2, 0.25) is 0 Å². The maximum absolute atomic E-state index is 10.7. The van der Waals surface area contributed by atoms with E-state index in [9.17, 15) is 4.79 Å². The van der Waals surface area contributed by atoms with Crippen LogP contribution in [-0.2, 0) is 5.41 Å². The molecule has 0 unspecified atom stereocenters. The predicted octanol–water partition coefficient (Wildman–Crippen LogP) is 5.26. The standard InChI is InChI=1S/C18H20OS/c1-13-5-8-15(18(2,3)4)11-17(13)20-16-9-6-14(12-19)7-10-16/h5-12H,1-4H3. The molecule has 0 aliphatic carbocycles. The fourth-order valence-corrected chi connectivity index (χ4v) is 2.86. The maximum atomic E-state index is 10.7. The Kier molecular flexibility index (Phi) is 4.34. The third-order valence-electron chi connectivity index (χ3n) is 3.30. The van der Waals surface area contributed by atoms with Gasteiger partial charge in [-0.25, -0.2) is 0 Å². The number of hydrogen-bond donors (Lipinski definition) is 0. The Balaban J connectivity index is 2.30. The molecule has 0 aromatic heterocycles. The number of aryl methyl sites for hydroxylation is 1. The Labute approximate surface area is 125 Å². The van der Waals surface area contributed by atoms with E-state index in [4.69, 9.17) is 0 Å². The number of benzene rings is 2. The largest absolute Gasteiger partial charge is 0.298 e. The van der Waals surface area contributed by atoms with Crippen LogP contribution in [0.15, 0.2) is 52.3 Å². The van der Waals surface area contributed by atoms with E-state index in [1.807, 2.05) is 24.3 Å². The number of hydrogen-bond acceptors (Lipinski definition) is 2. The number of carbonyl (C=O) groups excluding carboxylic acids is 1. The second kappa shape index (κ2) is 5.84. The summed E-state index contributed by atoms with van der Waals surface area (Å²) in [5.41, 5.74) is 3.50. The van der Waals surface area contributed by atoms with Crippen LogP contribution in [0.5, 0.6) is 0 Å². The van der Waals surface area contributed by atoms with Gasteiger partial charge in [-0.3, -0.25) is 4.79 Å². The van der Waals surface area contributed by atoms with Crippen LogP contribution < -0.4 is 0 Å². The molecule has 0 radical (unpaired) electrons. The number of carbonyl (C=O) groups is 1. The molecule has 0 aliphatic heterocycles. The summed E-state index contributed by atoms with van der Waals surface area (Å²) in [7, 11) is 0. The normalized spacial score (nSPS) is 11.4. The molecule has 0 aliphatic rings. The van der Waals surface area contributed by atoms with Crippen molar-refractivity contribution in [3.05, 3.63) is 59.2 Å². The molecule has 0 amide bonds. The van der Waals surface area contributed by atoms with E-state index < -0.39 is 0 Å². The van der Waals surface area contributed by atoms with Crippen molar-refractivity contribution in [2.45, 2.75) is 42.9 Å². The maximum Gasteiger partial charge on any atom is 0.150 e. The molecule has 0 fully saturated rings. The highest BCUT2D eigenvalue weighted by molar-refractivity contribution is 7.99. The molecular formula is C18H20OS. The lowest BCUT2D eigenvalue weighted by Gasteiger charge is -2.20. The summed E-state index contributed by atoms with van der Waals surface area (Å²) in [5, 5.41) is 0. The first-order valence-electron chi connectivity index (χ1n) is 6.74. The first-order valence-corrected chi connectivity index (χ1v) is 7.56. The molecule has 2 heteroatoms. The summed E-state index contributed by atoms with van der Waals surface area (Å²) >= 11 is 1.75. The zero-order chi connectivity index (χ0) is 14.8. The summed E-state index contributed by atoms with van der Waals surface area (Å²) in [5.74, 6) is 0. The van der Waals surface area contributed by atoms with Gasteiger partial charge in [0.25, 0.3) is 0 Å². The Morgan fingerprint density at radius 3 is 2.20 bits per heavy atom. The van der Waals surface area contributed by atoms with Crippen molar-refractivity contribution < 1.29 is 4.79 Å². The topological polar surface area (TPSA) is 17.1 Å². The van der Waals surface area contributed by atoms with E-state index in [0.717, 1.165) is 16.7 Å². The zero-order valence-corrected chi connectivity index (χ0v) is 13.3. The minimum Gasteiger partial charge on any atom is -0.298 e. The molecule has 0 bridgehead atoms. The van der Waals surface area contributed by atoms with Crippen molar-refractivity contribution in [2.75, 3.05) is 0 Å². The molecule has 0 atom stereocenters. The number of aldehydes is 1. The van der Waals surface area contributed by atoms with Crippen LogP contribution in [0, 0.1) is 6.92 Å². The van der Waals surface area contributed by atoms with E-state index in [1.165, 1.54) is 16.0 Å². The van der Waals surface area contributed by atoms with Gasteiger partial charge < -0.3 is 0 Å². The van der Waals surface area contributed by atoms with Gasteiger partial charge >= 0.3 is 0 Å². The minimum atomic E-state index is 0.157. The van der Waals surface area contributed by atoms with Gasteiger partial charge in [0.05, 0.1) is 0 Å². The Morgan fingerprint density at radius 2 is 1.65 bits per heavy atom. The molecule has 0 saturated carbocycles. The van der Waals surface area contributed by atoms with Crippen LogP contribution in [0.4, 0.5) is 0 Å². The van der Waals surface area contributed by atoms with Gasteiger partial charge in [-0.2, -0.15) is 0 Å². The SMILES string of the molecule is Cc1ccc(C(C)(C)C)cc1Sc1ccc(C=O)cc1. The fourth-order valence-electron chi connectivity index (χ4n) is 1.92. The summed E-state index contributed by atoms with van der Waals surface area (Å²) in [6.07, 6.45) is 0.875. The fraction of sp³-hybridized carbons (Fsp3) is 0.278. The van der Waals surface area contributed by atoms with Crippen molar-refractivity contribution >= 4 is 18.0 Å². The molecule has 0 heterocycles. The highest BCUT2D eigenvalue weighted by Gasteiger charge is 2.15. The highest BCUT2D eigenvalue weighted by Crippen LogP contribution is 2.34. The van der Waals surface area contributed by atoms with Gasteiger partial charge in [0.2, 0.25) is 0 Å². The highest BCUT2D eigenvalue weighted by atomic mass is 32.2. The molecule has 0 saturated heterocycles. The van der Waals surface area contributed by atoms with E-state index in [0.29, 0.717) is 0 Å². The first-order chi connectivity index (χ1) is 9.40. The van der Waals surface area contributed by atoms with Crippen LogP contribution >= 0.6 is 11.8 Å². The second-order valence-corrected chi connectivity index (χ2v) is 7.13. The molecule has 2 rings (SSSR count). The molecule has 1 nitrogen and oxygen atoms in total. The van der Waals surface area contributed by atoms with E-state index in [2.05, 4.69) is 45.9 Å². The molecule has 2 aromatic rings. The van der Waals surface area contributed by atoms with Gasteiger partial charge in [0.1, 0.15) is 6.29 Å². The number of rotatable bonds is 3. The lowest BCUT2D eigenvalue weighted by Crippen LogP contribution is -2.11. The zero-order valence-electron chi connectivity index (χ0n) is 12.4. The first kappa shape index (κ1) is 14.9. The van der Waals surface area contributed by atoms with Crippen LogP contribution in [0.3, 0.4) is 0 Å². The van der Waals surface area contributed by atoms with Gasteiger partial charge in [-0.15, -0.1) is 0 Å². The van der Waals surface area contributed by atoms with Crippen molar-refractivity contribution in [3.63, 3.8) is 0 Å². The van der Waals surface area contributed by atoms with Crippen molar-refractivity contribution in [1.82, 2.24) is 0 Å². The quantitative estimate of drug-likeness (QED) is 0.715. The van der Waals surface area contributed by atoms with Gasteiger partial charge in [-0.1, -0.05) is 56.8 Å². The van der Waals surface area contributed by atoms with Crippen LogP contribution in [0.25, 0.3) is 0 Å². The third-order valence-corrected chi connectivity index (χ3v) is 4.47. The molecule has 0 N–H and O–H groups in total. The summed E-state index contributed by atoms with van der Waals surface area (Å²) in [6, 6.07) is 14.4. The second-order valence-electron chi connectivity index (χ2n) is 6.02. The van der Waals surface area contributed by atoms with E-state index in [1.54, 1.807) is 11.8 Å². The van der Waals surface area contributed by atoms with Crippen LogP contribution in [0.1, 0.15) is 42.3 Å². The average molecular weight is 284 g/mol. The minimum absolute atomic E-state index is 0.157. The summed E-state index contributed by atoms with van der Waals surface area (Å²) in [6.45, 7) is 8.82. The van der Waals surface area contributed by atoms with E-state index in [-0.39, 0.29) is 5.41 Å². The van der Waals surface area contributed by atoms with Gasteiger partial charge in [-0.05, 0) is 41.7 Å². The van der Waals surface area contributed by atoms with Crippen molar-refractivity contribution in [3.8, 4) is 0 Å². The monoisotopic (exact) mass is 284 g/mol. The van der Waals surface area contributed by atoms with Crippen molar-refractivity contribution in [2.24, 2.45) is 0 Å². The van der Waals surface area contributed by atoms with Gasteiger partial charge in [0, 0.05) is 15.4 Å². The molecular weight excluding hydrogens is 264 g/mol. The molecule has 20 heavy (non-hydrogen) atoms. The van der Waals surface area contributed by atoms with Gasteiger partial charge in [0.15, 0.2) is 0 Å². The Hall–Kier alpha value is -1.54. The summed E-state index contributed by atoms with van der Waals surface area (Å²) < 4.78 is 0. The Bertz CT molecular complexity index is 606. The van der Waals surface area contributed by atoms with E-state index >= 15 is 0 Å². The smallest absolute Gasteiger partial charge is 0.150 e. The molecule has 2 aromatic carbocycles. The lowest BCUT2D eigenvalue weighted by atomic mass is 9.87. The molecule has 104 valence electrons. The summed E-state index contributed by atoms with van der Waals surface area (Å²) in [4.78, 5) is 13.1. The average Bonchev–Trinajstić information content (AvgIpc) is 2.41. The van der Waals surface area contributed by atoms with Crippen LogP contribution in [-0.4, -0.2) is 6.29 Å². The third kappa shape index (κ3) is 3.51. The molecule has 0 spiro atoms. The lowest BCUT2D eigenvalue weighted by molar-refractivity contribution is 0.112. The van der Waals surface area contributed by atoms with Crippen molar-refractivity contribution in [1.29, 1.82) is 0 Å². The Morgan fingerprint density at radius 1 is 1.00 bits per heavy atom. The predicted molar refractivity (Wildman–Crippen MR) is 85.8 cm³/mol.